The molecule has 0 aliphatic carbocycles. The first-order valence-corrected chi connectivity index (χ1v) is 6.52. The van der Waals surface area contributed by atoms with Crippen LogP contribution in [0.4, 0.5) is 4.79 Å². The van der Waals surface area contributed by atoms with Gasteiger partial charge in [0.05, 0.1) is 12.5 Å². The molecule has 0 bridgehead atoms. The molecule has 0 aliphatic rings. The van der Waals surface area contributed by atoms with Crippen LogP contribution in [0.15, 0.2) is 47.3 Å². The summed E-state index contributed by atoms with van der Waals surface area (Å²) in [6.45, 7) is 5.96. The molecule has 20 heavy (non-hydrogen) atoms. The molecular weight excluding hydrogens is 254 g/mol. The Bertz CT molecular complexity index is 550. The van der Waals surface area contributed by atoms with E-state index in [1.807, 2.05) is 51.1 Å². The molecule has 0 fully saturated rings. The lowest BCUT2D eigenvalue weighted by molar-refractivity contribution is 0.0523. The molecule has 1 aromatic heterocycles. The van der Waals surface area contributed by atoms with Gasteiger partial charge < -0.3 is 14.5 Å². The van der Waals surface area contributed by atoms with Gasteiger partial charge in [0.25, 0.3) is 0 Å². The molecule has 4 heteroatoms. The first-order chi connectivity index (χ1) is 9.44. The van der Waals surface area contributed by atoms with Crippen molar-refractivity contribution in [3.05, 3.63) is 48.4 Å². The monoisotopic (exact) mass is 273 g/mol. The Labute approximate surface area is 118 Å². The number of hydrogen-bond donors (Lipinski definition) is 1. The lowest BCUT2D eigenvalue weighted by atomic mass is 10.1. The predicted molar refractivity (Wildman–Crippen MR) is 77.2 cm³/mol. The number of rotatable bonds is 3. The molecule has 0 unspecified atom stereocenters. The summed E-state index contributed by atoms with van der Waals surface area (Å²) in [4.78, 5) is 11.5. The van der Waals surface area contributed by atoms with Crippen molar-refractivity contribution in [2.45, 2.75) is 32.9 Å². The summed E-state index contributed by atoms with van der Waals surface area (Å²) in [5, 5.41) is 2.73. The summed E-state index contributed by atoms with van der Waals surface area (Å²) in [6.07, 6.45) is 2.94. The van der Waals surface area contributed by atoms with E-state index in [0.29, 0.717) is 6.54 Å². The Hall–Kier alpha value is -2.23. The lowest BCUT2D eigenvalue weighted by Gasteiger charge is -2.19. The first-order valence-electron chi connectivity index (χ1n) is 6.52. The number of nitrogens with one attached hydrogen (secondary N) is 1. The van der Waals surface area contributed by atoms with Gasteiger partial charge in [-0.3, -0.25) is 0 Å². The minimum atomic E-state index is -0.477. The van der Waals surface area contributed by atoms with Gasteiger partial charge in [0.15, 0.2) is 0 Å². The second-order valence-electron chi connectivity index (χ2n) is 5.56. The quantitative estimate of drug-likeness (QED) is 0.920. The highest BCUT2D eigenvalue weighted by Gasteiger charge is 2.15. The van der Waals surface area contributed by atoms with E-state index in [-0.39, 0.29) is 0 Å². The molecule has 0 radical (unpaired) electrons. The molecule has 1 aromatic carbocycles. The molecule has 0 aliphatic heterocycles. The highest BCUT2D eigenvalue weighted by Crippen LogP contribution is 2.20. The van der Waals surface area contributed by atoms with Crippen LogP contribution in [0.1, 0.15) is 26.3 Å². The number of carbonyl (C=O) groups excluding carboxylic acids is 1. The van der Waals surface area contributed by atoms with Crippen LogP contribution in [0.25, 0.3) is 11.1 Å². The Kier molecular flexibility index (Phi) is 4.13. The molecule has 2 aromatic rings. The van der Waals surface area contributed by atoms with Crippen LogP contribution < -0.4 is 5.32 Å². The van der Waals surface area contributed by atoms with E-state index in [1.54, 1.807) is 12.5 Å². The van der Waals surface area contributed by atoms with Crippen LogP contribution in [-0.4, -0.2) is 11.7 Å². The third kappa shape index (κ3) is 4.16. The molecule has 4 nitrogen and oxygen atoms in total. The number of ether oxygens (including phenoxy) is 1. The van der Waals surface area contributed by atoms with Gasteiger partial charge in [-0.05, 0) is 38.0 Å². The van der Waals surface area contributed by atoms with Crippen molar-refractivity contribution in [1.82, 2.24) is 5.32 Å². The van der Waals surface area contributed by atoms with Gasteiger partial charge in [0.2, 0.25) is 0 Å². The van der Waals surface area contributed by atoms with Gasteiger partial charge in [0, 0.05) is 12.1 Å². The van der Waals surface area contributed by atoms with E-state index >= 15 is 0 Å². The normalized spacial score (nSPS) is 11.2. The van der Waals surface area contributed by atoms with Crippen molar-refractivity contribution in [2.24, 2.45) is 0 Å². The van der Waals surface area contributed by atoms with Crippen molar-refractivity contribution in [1.29, 1.82) is 0 Å². The molecule has 0 saturated heterocycles. The summed E-state index contributed by atoms with van der Waals surface area (Å²) in [6, 6.07) is 9.85. The Morgan fingerprint density at radius 1 is 1.15 bits per heavy atom. The van der Waals surface area contributed by atoms with Crippen LogP contribution in [-0.2, 0) is 11.3 Å². The summed E-state index contributed by atoms with van der Waals surface area (Å²) in [5.41, 5.74) is 2.66. The minimum Gasteiger partial charge on any atom is -0.472 e. The van der Waals surface area contributed by atoms with Crippen molar-refractivity contribution < 1.29 is 13.9 Å². The third-order valence-electron chi connectivity index (χ3n) is 2.64. The summed E-state index contributed by atoms with van der Waals surface area (Å²) < 4.78 is 10.2. The van der Waals surface area contributed by atoms with Crippen molar-refractivity contribution in [2.75, 3.05) is 0 Å². The third-order valence-corrected chi connectivity index (χ3v) is 2.64. The maximum atomic E-state index is 11.5. The van der Waals surface area contributed by atoms with E-state index in [1.165, 1.54) is 0 Å². The molecule has 0 atom stereocenters. The number of benzene rings is 1. The van der Waals surface area contributed by atoms with Gasteiger partial charge in [-0.1, -0.05) is 24.3 Å². The number of furan rings is 1. The molecule has 106 valence electrons. The van der Waals surface area contributed by atoms with Crippen LogP contribution >= 0.6 is 0 Å². The highest BCUT2D eigenvalue weighted by molar-refractivity contribution is 5.68. The second-order valence-corrected chi connectivity index (χ2v) is 5.56. The zero-order chi connectivity index (χ0) is 14.6. The van der Waals surface area contributed by atoms with Gasteiger partial charge in [-0.25, -0.2) is 4.79 Å². The standard InChI is InChI=1S/C16H19NO3/c1-16(2,3)20-15(18)17-10-12-4-6-13(7-5-12)14-8-9-19-11-14/h4-9,11H,10H2,1-3H3,(H,17,18). The van der Waals surface area contributed by atoms with Crippen LogP contribution in [0.5, 0.6) is 0 Å². The number of carbonyl (C=O) groups is 1. The summed E-state index contributed by atoms with van der Waals surface area (Å²) >= 11 is 0. The second kappa shape index (κ2) is 5.82. The SMILES string of the molecule is CC(C)(C)OC(=O)NCc1ccc(-c2ccoc2)cc1. The van der Waals surface area contributed by atoms with Gasteiger partial charge in [-0.15, -0.1) is 0 Å². The van der Waals surface area contributed by atoms with Gasteiger partial charge in [0.1, 0.15) is 5.60 Å². The van der Waals surface area contributed by atoms with E-state index in [9.17, 15) is 4.79 Å². The van der Waals surface area contributed by atoms with Crippen molar-refractivity contribution >= 4 is 6.09 Å². The zero-order valence-corrected chi connectivity index (χ0v) is 12.0. The van der Waals surface area contributed by atoms with Gasteiger partial charge >= 0.3 is 6.09 Å². The van der Waals surface area contributed by atoms with Crippen LogP contribution in [0.3, 0.4) is 0 Å². The fraction of sp³-hybridized carbons (Fsp3) is 0.312. The number of amides is 1. The summed E-state index contributed by atoms with van der Waals surface area (Å²) in [7, 11) is 0. The largest absolute Gasteiger partial charge is 0.472 e. The maximum absolute atomic E-state index is 11.5. The highest BCUT2D eigenvalue weighted by atomic mass is 16.6. The predicted octanol–water partition coefficient (Wildman–Crippen LogP) is 3.97. The minimum absolute atomic E-state index is 0.406. The smallest absolute Gasteiger partial charge is 0.407 e. The lowest BCUT2D eigenvalue weighted by Crippen LogP contribution is -2.32. The number of alkyl carbamates (subject to hydrolysis) is 1. The molecular formula is C16H19NO3. The Morgan fingerprint density at radius 2 is 1.85 bits per heavy atom. The number of hydrogen-bond acceptors (Lipinski definition) is 3. The van der Waals surface area contributed by atoms with E-state index in [2.05, 4.69) is 5.32 Å². The molecule has 1 heterocycles. The molecule has 1 N–H and O–H groups in total. The van der Waals surface area contributed by atoms with E-state index in [0.717, 1.165) is 16.7 Å². The Morgan fingerprint density at radius 3 is 2.40 bits per heavy atom. The molecule has 0 spiro atoms. The van der Waals surface area contributed by atoms with Crippen LogP contribution in [0.2, 0.25) is 0 Å². The maximum Gasteiger partial charge on any atom is 0.407 e. The van der Waals surface area contributed by atoms with Gasteiger partial charge in [-0.2, -0.15) is 0 Å². The zero-order valence-electron chi connectivity index (χ0n) is 12.0. The fourth-order valence-electron chi connectivity index (χ4n) is 1.73. The van der Waals surface area contributed by atoms with E-state index in [4.69, 9.17) is 9.15 Å². The van der Waals surface area contributed by atoms with Crippen molar-refractivity contribution in [3.63, 3.8) is 0 Å². The molecule has 1 amide bonds. The fourth-order valence-corrected chi connectivity index (χ4v) is 1.73. The Balaban J connectivity index is 1.90. The molecule has 0 saturated carbocycles. The van der Waals surface area contributed by atoms with Crippen LogP contribution in [0, 0.1) is 0 Å². The topological polar surface area (TPSA) is 51.5 Å². The van der Waals surface area contributed by atoms with E-state index < -0.39 is 11.7 Å². The average Bonchev–Trinajstić information content (AvgIpc) is 2.89. The first kappa shape index (κ1) is 14.2. The average molecular weight is 273 g/mol. The summed E-state index contributed by atoms with van der Waals surface area (Å²) in [5.74, 6) is 0. The van der Waals surface area contributed by atoms with Crippen molar-refractivity contribution in [3.8, 4) is 11.1 Å². The molecule has 2 rings (SSSR count).